The number of halogens is 2. The van der Waals surface area contributed by atoms with Gasteiger partial charge >= 0.3 is 0 Å². The van der Waals surface area contributed by atoms with E-state index in [0.717, 1.165) is 38.8 Å². The van der Waals surface area contributed by atoms with Gasteiger partial charge in [-0.25, -0.2) is 4.98 Å². The number of imidazole rings is 1. The van der Waals surface area contributed by atoms with Crippen LogP contribution in [0.4, 0.5) is 0 Å². The second kappa shape index (κ2) is 11.0. The van der Waals surface area contributed by atoms with Crippen LogP contribution < -0.4 is 14.8 Å². The molecule has 0 aliphatic rings. The molecule has 0 saturated carbocycles. The predicted octanol–water partition coefficient (Wildman–Crippen LogP) is 6.30. The van der Waals surface area contributed by atoms with Crippen LogP contribution in [-0.4, -0.2) is 28.7 Å². The normalized spacial score (nSPS) is 11.9. The van der Waals surface area contributed by atoms with E-state index >= 15 is 0 Å². The second-order valence-corrected chi connectivity index (χ2v) is 9.18. The molecule has 182 valence electrons. The van der Waals surface area contributed by atoms with Crippen LogP contribution in [-0.2, 0) is 11.3 Å². The van der Waals surface area contributed by atoms with Crippen molar-refractivity contribution in [2.45, 2.75) is 33.4 Å². The third kappa shape index (κ3) is 6.08. The lowest BCUT2D eigenvalue weighted by Gasteiger charge is -2.17. The number of benzene rings is 3. The van der Waals surface area contributed by atoms with Crippen molar-refractivity contribution in [2.75, 3.05) is 13.2 Å². The molecular formula is C27H27Cl2N3O3. The number of nitrogens with one attached hydrogen (secondary N) is 1. The Kier molecular flexibility index (Phi) is 7.83. The molecule has 1 unspecified atom stereocenters. The van der Waals surface area contributed by atoms with Gasteiger partial charge in [0.1, 0.15) is 23.9 Å². The third-order valence-corrected chi connectivity index (χ3v) is 6.47. The number of fused-ring (bicyclic) bond motifs is 1. The lowest BCUT2D eigenvalue weighted by molar-refractivity contribution is -0.123. The molecule has 1 atom stereocenters. The molecule has 0 saturated heterocycles. The Morgan fingerprint density at radius 3 is 2.40 bits per heavy atom. The fourth-order valence-electron chi connectivity index (χ4n) is 3.93. The number of rotatable bonds is 9. The van der Waals surface area contributed by atoms with E-state index in [-0.39, 0.29) is 18.6 Å². The summed E-state index contributed by atoms with van der Waals surface area (Å²) in [5.74, 6) is 1.86. The SMILES string of the molecule is Cc1cc(OCCn2c(C(C)NC(=O)COc3ccc(Cl)cc3)nc3ccccc32)cc(C)c1Cl. The van der Waals surface area contributed by atoms with Gasteiger partial charge in [-0.2, -0.15) is 0 Å². The number of amides is 1. The summed E-state index contributed by atoms with van der Waals surface area (Å²) in [6, 6.07) is 18.3. The quantitative estimate of drug-likeness (QED) is 0.286. The molecular weight excluding hydrogens is 485 g/mol. The molecule has 1 aromatic heterocycles. The molecule has 4 aromatic rings. The maximum atomic E-state index is 12.5. The van der Waals surface area contributed by atoms with Crippen molar-refractivity contribution >= 4 is 40.1 Å². The van der Waals surface area contributed by atoms with Crippen LogP contribution >= 0.6 is 23.2 Å². The molecule has 1 amide bonds. The molecule has 0 radical (unpaired) electrons. The lowest BCUT2D eigenvalue weighted by atomic mass is 10.1. The van der Waals surface area contributed by atoms with Crippen LogP contribution in [0.2, 0.25) is 10.0 Å². The summed E-state index contributed by atoms with van der Waals surface area (Å²) in [5.41, 5.74) is 3.80. The highest BCUT2D eigenvalue weighted by Gasteiger charge is 2.19. The van der Waals surface area contributed by atoms with Gasteiger partial charge in [-0.1, -0.05) is 35.3 Å². The van der Waals surface area contributed by atoms with Crippen molar-refractivity contribution in [1.82, 2.24) is 14.9 Å². The van der Waals surface area contributed by atoms with E-state index in [1.807, 2.05) is 57.2 Å². The minimum absolute atomic E-state index is 0.107. The van der Waals surface area contributed by atoms with Gasteiger partial charge in [0.25, 0.3) is 5.91 Å². The number of aromatic nitrogens is 2. The zero-order valence-corrected chi connectivity index (χ0v) is 21.4. The Labute approximate surface area is 214 Å². The number of hydrogen-bond donors (Lipinski definition) is 1. The standard InChI is InChI=1S/C27H27Cl2N3O3/c1-17-14-22(15-18(2)26(17)29)34-13-12-32-24-7-5-4-6-23(24)31-27(32)19(3)30-25(33)16-35-21-10-8-20(28)9-11-21/h4-11,14-15,19H,12-13,16H2,1-3H3,(H,30,33). The molecule has 0 spiro atoms. The van der Waals surface area contributed by atoms with Gasteiger partial charge in [-0.05, 0) is 80.4 Å². The maximum absolute atomic E-state index is 12.5. The Morgan fingerprint density at radius 1 is 1.00 bits per heavy atom. The van der Waals surface area contributed by atoms with Crippen molar-refractivity contribution in [3.8, 4) is 11.5 Å². The summed E-state index contributed by atoms with van der Waals surface area (Å²) in [7, 11) is 0. The van der Waals surface area contributed by atoms with Gasteiger partial charge < -0.3 is 19.4 Å². The van der Waals surface area contributed by atoms with Crippen LogP contribution in [0.15, 0.2) is 60.7 Å². The number of ether oxygens (including phenoxy) is 2. The summed E-state index contributed by atoms with van der Waals surface area (Å²) < 4.78 is 13.7. The van der Waals surface area contributed by atoms with Crippen LogP contribution in [0.1, 0.15) is 29.9 Å². The fourth-order valence-corrected chi connectivity index (χ4v) is 4.17. The summed E-state index contributed by atoms with van der Waals surface area (Å²) in [4.78, 5) is 17.3. The van der Waals surface area contributed by atoms with E-state index in [4.69, 9.17) is 37.7 Å². The van der Waals surface area contributed by atoms with Gasteiger partial charge in [0.05, 0.1) is 23.6 Å². The minimum Gasteiger partial charge on any atom is -0.492 e. The second-order valence-electron chi connectivity index (χ2n) is 8.36. The van der Waals surface area contributed by atoms with Crippen molar-refractivity contribution in [2.24, 2.45) is 0 Å². The number of aryl methyl sites for hydroxylation is 2. The first-order valence-corrected chi connectivity index (χ1v) is 12.1. The largest absolute Gasteiger partial charge is 0.492 e. The molecule has 0 aliphatic heterocycles. The number of hydrogen-bond acceptors (Lipinski definition) is 4. The van der Waals surface area contributed by atoms with Gasteiger partial charge in [-0.15, -0.1) is 0 Å². The molecule has 0 fully saturated rings. The molecule has 4 rings (SSSR count). The van der Waals surface area contributed by atoms with E-state index in [9.17, 15) is 4.79 Å². The Bertz CT molecular complexity index is 1310. The third-order valence-electron chi connectivity index (χ3n) is 5.63. The Hall–Kier alpha value is -3.22. The summed E-state index contributed by atoms with van der Waals surface area (Å²) in [5, 5.41) is 4.34. The van der Waals surface area contributed by atoms with Gasteiger partial charge in [0.2, 0.25) is 0 Å². The van der Waals surface area contributed by atoms with E-state index in [1.54, 1.807) is 24.3 Å². The topological polar surface area (TPSA) is 65.4 Å². The molecule has 0 bridgehead atoms. The monoisotopic (exact) mass is 511 g/mol. The zero-order chi connectivity index (χ0) is 24.9. The molecule has 1 N–H and O–H groups in total. The highest BCUT2D eigenvalue weighted by atomic mass is 35.5. The smallest absolute Gasteiger partial charge is 0.258 e. The molecule has 35 heavy (non-hydrogen) atoms. The molecule has 8 heteroatoms. The first-order valence-electron chi connectivity index (χ1n) is 11.3. The first-order chi connectivity index (χ1) is 16.8. The predicted molar refractivity (Wildman–Crippen MR) is 140 cm³/mol. The highest BCUT2D eigenvalue weighted by Crippen LogP contribution is 2.26. The summed E-state index contributed by atoms with van der Waals surface area (Å²) in [6.07, 6.45) is 0. The summed E-state index contributed by atoms with van der Waals surface area (Å²) in [6.45, 7) is 6.73. The highest BCUT2D eigenvalue weighted by molar-refractivity contribution is 6.32. The van der Waals surface area contributed by atoms with Crippen LogP contribution in [0, 0.1) is 13.8 Å². The van der Waals surface area contributed by atoms with E-state index in [0.29, 0.717) is 23.9 Å². The van der Waals surface area contributed by atoms with Crippen molar-refractivity contribution in [1.29, 1.82) is 0 Å². The lowest BCUT2D eigenvalue weighted by Crippen LogP contribution is -2.33. The van der Waals surface area contributed by atoms with E-state index < -0.39 is 0 Å². The van der Waals surface area contributed by atoms with Crippen LogP contribution in [0.3, 0.4) is 0 Å². The van der Waals surface area contributed by atoms with Crippen molar-refractivity contribution in [3.63, 3.8) is 0 Å². The zero-order valence-electron chi connectivity index (χ0n) is 19.8. The number of para-hydroxylation sites is 2. The first kappa shape index (κ1) is 24.9. The van der Waals surface area contributed by atoms with Gasteiger partial charge in [-0.3, -0.25) is 4.79 Å². The maximum Gasteiger partial charge on any atom is 0.258 e. The molecule has 3 aromatic carbocycles. The Balaban J connectivity index is 1.44. The molecule has 6 nitrogen and oxygen atoms in total. The van der Waals surface area contributed by atoms with Crippen molar-refractivity contribution < 1.29 is 14.3 Å². The number of nitrogens with zero attached hydrogens (tertiary/aromatic N) is 2. The number of carbonyl (C=O) groups excluding carboxylic acids is 1. The van der Waals surface area contributed by atoms with Crippen molar-refractivity contribution in [3.05, 3.63) is 87.7 Å². The van der Waals surface area contributed by atoms with Gasteiger partial charge in [0.15, 0.2) is 6.61 Å². The average molecular weight is 512 g/mol. The van der Waals surface area contributed by atoms with E-state index in [1.165, 1.54) is 0 Å². The van der Waals surface area contributed by atoms with Crippen LogP contribution in [0.25, 0.3) is 11.0 Å². The fraction of sp³-hybridized carbons (Fsp3) is 0.259. The molecule has 1 heterocycles. The number of carbonyl (C=O) groups is 1. The Morgan fingerprint density at radius 2 is 1.69 bits per heavy atom. The minimum atomic E-state index is -0.330. The summed E-state index contributed by atoms with van der Waals surface area (Å²) >= 11 is 12.2. The van der Waals surface area contributed by atoms with Crippen LogP contribution in [0.5, 0.6) is 11.5 Å². The average Bonchev–Trinajstić information content (AvgIpc) is 3.21. The van der Waals surface area contributed by atoms with Gasteiger partial charge in [0, 0.05) is 10.0 Å². The molecule has 0 aliphatic carbocycles. The van der Waals surface area contributed by atoms with E-state index in [2.05, 4.69) is 9.88 Å².